The number of aromatic carboxylic acids is 2. The molecule has 10 aromatic rings. The van der Waals surface area contributed by atoms with Crippen molar-refractivity contribution < 1.29 is 101 Å². The summed E-state index contributed by atoms with van der Waals surface area (Å²) >= 11 is 0. The minimum absolute atomic E-state index is 0.0200. The van der Waals surface area contributed by atoms with Crippen LogP contribution in [0.15, 0.2) is 213 Å². The molecule has 0 fully saturated rings. The lowest BCUT2D eigenvalue weighted by molar-refractivity contribution is -0.458. The number of nitrogens with one attached hydrogen (secondary N) is 6. The van der Waals surface area contributed by atoms with Crippen LogP contribution in [0.5, 0.6) is 0 Å². The van der Waals surface area contributed by atoms with E-state index < -0.39 is 68.8 Å². The van der Waals surface area contributed by atoms with Crippen molar-refractivity contribution in [2.24, 2.45) is 5.73 Å². The first-order chi connectivity index (χ1) is 58.8. The first kappa shape index (κ1) is 100. The molecule has 0 unspecified atom stereocenters. The summed E-state index contributed by atoms with van der Waals surface area (Å²) in [6.07, 6.45) is 7.81. The fourth-order valence-electron chi connectivity index (χ4n) is 10.6. The van der Waals surface area contributed by atoms with Crippen LogP contribution in [-0.4, -0.2) is 182 Å². The number of Topliss-reactive ketones (excluding diaryl/α,β-unsaturated/α-hetero) is 2. The van der Waals surface area contributed by atoms with Crippen molar-refractivity contribution >= 4 is 99.9 Å². The number of nitro groups is 2. The number of hydrogen-bond donors (Lipinski definition) is 9. The van der Waals surface area contributed by atoms with E-state index >= 15 is 0 Å². The number of aromatic amines is 3. The Labute approximate surface area is 723 Å². The summed E-state index contributed by atoms with van der Waals surface area (Å²) in [6.45, 7) is 22.3. The smallest absolute Gasteiger partial charge is 0.412 e. The minimum Gasteiger partial charge on any atom is -0.478 e. The van der Waals surface area contributed by atoms with Gasteiger partial charge >= 0.3 is 48.1 Å². The molecule has 125 heavy (non-hydrogen) atoms. The number of allylic oxidation sites excluding steroid dienone is 1. The second-order valence-electron chi connectivity index (χ2n) is 30.4. The third kappa shape index (κ3) is 36.8. The number of ether oxygens (including phenoxy) is 6. The number of carbonyl (C=O) groups excluding carboxylic acids is 8. The SMILES string of the molecule is CC(C)(C)OC(=O)Nc1ccc(C(=O)Cc2ccc(-c3c[nH]c(C(=O)O)c3)cc2)cc1.CC(C)(C)OC(=O)Nc1ccc(C(=O)O)cc1.CCOC(=O)CN.CCOC(=O)c1cc(-c2ccc(CC(=O)c3ccc(NC(=O)OC(C)(C)C)cc3)cc2)c[nH]1.CCOC(=O)c1cc(-c2ccc([N+](=O)[O-])cc2)c[nH]1.CN(C)/C=C(/C=[N+](C)C)c1ccc([N+](=O)[O-])cc1. The molecular weight excluding hydrogens is 1610 g/mol. The minimum atomic E-state index is -1.01. The van der Waals surface area contributed by atoms with Crippen molar-refractivity contribution in [1.29, 1.82) is 0 Å². The number of non-ortho nitro benzene ring substituents is 2. The lowest BCUT2D eigenvalue weighted by atomic mass is 10.0. The monoisotopic (exact) mass is 1720 g/mol. The molecule has 660 valence electrons. The number of nitro benzene ring substituents is 2. The quantitative estimate of drug-likeness (QED) is 0.00488. The van der Waals surface area contributed by atoms with Gasteiger partial charge in [0.25, 0.3) is 11.4 Å². The molecule has 0 aliphatic carbocycles. The maximum atomic E-state index is 12.7. The number of H-pyrrole nitrogens is 3. The molecule has 0 spiro atoms. The van der Waals surface area contributed by atoms with Crippen LogP contribution in [0.25, 0.3) is 39.0 Å². The first-order valence-corrected chi connectivity index (χ1v) is 39.0. The van der Waals surface area contributed by atoms with Crippen LogP contribution in [0, 0.1) is 20.2 Å². The highest BCUT2D eigenvalue weighted by Gasteiger charge is 2.22. The number of ketones is 2. The van der Waals surface area contributed by atoms with Gasteiger partial charge in [-0.3, -0.25) is 50.6 Å². The largest absolute Gasteiger partial charge is 0.478 e. The van der Waals surface area contributed by atoms with E-state index in [2.05, 4.69) is 35.6 Å². The number of hydrogen-bond acceptors (Lipinski definition) is 22. The molecule has 0 aliphatic heterocycles. The standard InChI is InChI=1S/C26H28N2O5.C24H24N2O5.C13H18N3O2.C13H12N2O4.C12H15NO4.C4H9NO2/c1-5-32-24(30)22-15-20(16-27-22)18-8-6-17(7-9-18)14-23(29)19-10-12-21(13-11-19)28-25(31)33-26(2,3)4;1-24(2,3)31-23(30)26-19-10-8-17(9-11-19)21(27)12-15-4-6-16(7-5-15)18-13-20(22(28)29)25-14-18;1-14(2)9-12(10-15(3)4)11-5-7-13(8-6-11)16(17)18;1-2-19-13(16)12-7-10(8-14-12)9-3-5-11(6-4-9)15(17)18;1-12(2,3)17-11(16)13-9-6-4-8(5-7-9)10(14)15;1-2-7-4(6)3-5/h6-13,15-16,27H,5,14H2,1-4H3,(H,28,31);4-11,13-14,25H,12H2,1-3H3,(H,26,30)(H,28,29);5-10H,1-4H3;3-8,14H,2H2,1H3;4-7H,1-3H3,(H,13,16)(H,14,15);2-3,5H2,1H3/q;;+1;;;. The second kappa shape index (κ2) is 48.3. The zero-order valence-corrected chi connectivity index (χ0v) is 72.5. The molecule has 3 heterocycles. The van der Waals surface area contributed by atoms with Crippen molar-refractivity contribution in [3.05, 3.63) is 284 Å². The van der Waals surface area contributed by atoms with Crippen LogP contribution in [-0.2, 0) is 46.1 Å². The molecule has 33 nitrogen and oxygen atoms in total. The summed E-state index contributed by atoms with van der Waals surface area (Å²) in [5.74, 6) is -3.25. The molecule has 33 heteroatoms. The maximum Gasteiger partial charge on any atom is 0.412 e. The molecule has 0 radical (unpaired) electrons. The van der Waals surface area contributed by atoms with Crippen molar-refractivity contribution in [2.75, 3.05) is 70.5 Å². The topological polar surface area (TPSA) is 469 Å². The van der Waals surface area contributed by atoms with Crippen LogP contribution in [0.4, 0.5) is 42.8 Å². The third-order valence-corrected chi connectivity index (χ3v) is 16.1. The van der Waals surface area contributed by atoms with Gasteiger partial charge in [-0.25, -0.2) is 38.1 Å². The summed E-state index contributed by atoms with van der Waals surface area (Å²) in [7, 11) is 7.76. The number of carbonyl (C=O) groups is 10. The summed E-state index contributed by atoms with van der Waals surface area (Å²) < 4.78 is 31.7. The summed E-state index contributed by atoms with van der Waals surface area (Å²) in [5, 5.41) is 46.7. The summed E-state index contributed by atoms with van der Waals surface area (Å²) in [6, 6.07) is 51.8. The molecule has 0 saturated carbocycles. The number of carboxylic acids is 2. The zero-order chi connectivity index (χ0) is 92.9. The highest BCUT2D eigenvalue weighted by atomic mass is 16.6. The van der Waals surface area contributed by atoms with Gasteiger partial charge in [0.05, 0.1) is 47.3 Å². The lowest BCUT2D eigenvalue weighted by Gasteiger charge is -2.19. The third-order valence-electron chi connectivity index (χ3n) is 16.1. The van der Waals surface area contributed by atoms with E-state index in [0.717, 1.165) is 55.6 Å². The van der Waals surface area contributed by atoms with Gasteiger partial charge in [0.15, 0.2) is 17.8 Å². The Hall–Kier alpha value is -15.2. The number of esters is 3. The predicted octanol–water partition coefficient (Wildman–Crippen LogP) is 17.6. The molecule has 0 atom stereocenters. The fraction of sp³-hybridized carbons (Fsp3) is 0.272. The Morgan fingerprint density at radius 3 is 1.00 bits per heavy atom. The van der Waals surface area contributed by atoms with Gasteiger partial charge in [-0.2, -0.15) is 0 Å². The van der Waals surface area contributed by atoms with E-state index in [-0.39, 0.29) is 59.6 Å². The van der Waals surface area contributed by atoms with Crippen molar-refractivity contribution in [2.45, 2.75) is 113 Å². The normalized spacial score (nSPS) is 10.7. The number of nitrogens with two attached hydrogens (primary N) is 1. The maximum absolute atomic E-state index is 12.7. The Kier molecular flexibility index (Phi) is 38.8. The van der Waals surface area contributed by atoms with Crippen LogP contribution < -0.4 is 21.7 Å². The van der Waals surface area contributed by atoms with Crippen LogP contribution >= 0.6 is 0 Å². The van der Waals surface area contributed by atoms with Crippen molar-refractivity contribution in [3.63, 3.8) is 0 Å². The number of benzene rings is 7. The second-order valence-corrected chi connectivity index (χ2v) is 30.4. The van der Waals surface area contributed by atoms with Gasteiger partial charge in [-0.15, -0.1) is 0 Å². The molecule has 0 saturated heterocycles. The van der Waals surface area contributed by atoms with E-state index in [1.165, 1.54) is 48.5 Å². The van der Waals surface area contributed by atoms with Crippen molar-refractivity contribution in [1.82, 2.24) is 19.9 Å². The van der Waals surface area contributed by atoms with Gasteiger partial charge in [0, 0.05) is 110 Å². The van der Waals surface area contributed by atoms with E-state index in [1.54, 1.807) is 193 Å². The van der Waals surface area contributed by atoms with E-state index in [9.17, 15) is 68.2 Å². The number of anilines is 3. The van der Waals surface area contributed by atoms with Crippen LogP contribution in [0.1, 0.15) is 162 Å². The lowest BCUT2D eigenvalue weighted by Crippen LogP contribution is -2.27. The van der Waals surface area contributed by atoms with E-state index in [1.807, 2.05) is 98.6 Å². The number of carboxylic acid groups (broad SMARTS) is 2. The predicted molar refractivity (Wildman–Crippen MR) is 475 cm³/mol. The highest BCUT2D eigenvalue weighted by molar-refractivity contribution is 6.07. The zero-order valence-electron chi connectivity index (χ0n) is 72.5. The summed E-state index contributed by atoms with van der Waals surface area (Å²) in [4.78, 5) is 146. The number of aromatic nitrogens is 3. The van der Waals surface area contributed by atoms with Crippen LogP contribution in [0.2, 0.25) is 0 Å². The number of amides is 3. The Morgan fingerprint density at radius 1 is 0.424 bits per heavy atom. The molecule has 7 aromatic carbocycles. The molecule has 0 bridgehead atoms. The Morgan fingerprint density at radius 2 is 0.728 bits per heavy atom. The molecule has 3 amide bonds. The fourth-order valence-corrected chi connectivity index (χ4v) is 10.6. The Bertz CT molecular complexity index is 5360. The molecule has 10 rings (SSSR count). The number of nitrogens with zero attached hydrogens (tertiary/aromatic N) is 4. The molecule has 3 aromatic heterocycles. The molecular formula is C92H106N11O22+. The Balaban J connectivity index is 0.000000279. The molecule has 10 N–H and O–H groups in total. The van der Waals surface area contributed by atoms with Gasteiger partial charge in [0.2, 0.25) is 0 Å². The van der Waals surface area contributed by atoms with Gasteiger partial charge < -0.3 is 64.2 Å². The first-order valence-electron chi connectivity index (χ1n) is 39.0. The van der Waals surface area contributed by atoms with E-state index in [0.29, 0.717) is 59.4 Å². The van der Waals surface area contributed by atoms with Gasteiger partial charge in [0.1, 0.15) is 48.0 Å². The number of rotatable bonds is 25. The molecule has 0 aliphatic rings. The highest BCUT2D eigenvalue weighted by Crippen LogP contribution is 2.28. The average molecular weight is 1720 g/mol. The average Bonchev–Trinajstić information content (AvgIpc) is 1.75. The summed E-state index contributed by atoms with van der Waals surface area (Å²) in [5.41, 5.74) is 15.7. The van der Waals surface area contributed by atoms with Gasteiger partial charge in [-0.05, 0) is 243 Å². The van der Waals surface area contributed by atoms with E-state index in [4.69, 9.17) is 39.6 Å². The van der Waals surface area contributed by atoms with Crippen LogP contribution in [0.3, 0.4) is 0 Å². The van der Waals surface area contributed by atoms with Crippen molar-refractivity contribution in [3.8, 4) is 33.4 Å². The van der Waals surface area contributed by atoms with Gasteiger partial charge in [-0.1, -0.05) is 48.5 Å².